The summed E-state index contributed by atoms with van der Waals surface area (Å²) in [4.78, 5) is 22.5. The average molecular weight is 526 g/mol. The maximum absolute atomic E-state index is 13.6. The molecule has 1 fully saturated rings. The van der Waals surface area contributed by atoms with Gasteiger partial charge in [-0.3, -0.25) is 14.6 Å². The van der Waals surface area contributed by atoms with Crippen LogP contribution in [0.5, 0.6) is 17.2 Å². The van der Waals surface area contributed by atoms with Crippen LogP contribution in [0.2, 0.25) is 5.02 Å². The molecule has 0 bridgehead atoms. The van der Waals surface area contributed by atoms with Gasteiger partial charge >= 0.3 is 0 Å². The molecule has 2 aromatic carbocycles. The number of anilines is 1. The van der Waals surface area contributed by atoms with Gasteiger partial charge < -0.3 is 18.9 Å². The van der Waals surface area contributed by atoms with Crippen LogP contribution in [0.15, 0.2) is 30.3 Å². The van der Waals surface area contributed by atoms with Crippen molar-refractivity contribution in [3.05, 3.63) is 40.9 Å². The van der Waals surface area contributed by atoms with Crippen LogP contribution in [0.1, 0.15) is 16.8 Å². The van der Waals surface area contributed by atoms with E-state index in [1.165, 1.54) is 11.3 Å². The summed E-state index contributed by atoms with van der Waals surface area (Å²) in [7, 11) is 1.60. The summed E-state index contributed by atoms with van der Waals surface area (Å²) < 4.78 is 22.6. The summed E-state index contributed by atoms with van der Waals surface area (Å²) in [5.74, 6) is 1.69. The Morgan fingerprint density at radius 3 is 2.79 bits per heavy atom. The number of hydrogen-bond acceptors (Lipinski definition) is 8. The number of hydrogen-bond donors (Lipinski definition) is 0. The normalized spacial score (nSPS) is 15.2. The number of aromatic nitrogens is 1. The van der Waals surface area contributed by atoms with Crippen LogP contribution >= 0.6 is 35.3 Å². The minimum atomic E-state index is -0.149. The van der Waals surface area contributed by atoms with Gasteiger partial charge in [-0.15, -0.1) is 12.4 Å². The first-order valence-electron chi connectivity index (χ1n) is 10.8. The van der Waals surface area contributed by atoms with Crippen LogP contribution < -0.4 is 19.1 Å². The smallest absolute Gasteiger partial charge is 0.260 e. The van der Waals surface area contributed by atoms with Crippen LogP contribution in [-0.2, 0) is 4.74 Å². The Labute approximate surface area is 212 Å². The van der Waals surface area contributed by atoms with Gasteiger partial charge in [-0.25, -0.2) is 4.98 Å². The second kappa shape index (κ2) is 11.0. The Balaban J connectivity index is 0.00000274. The van der Waals surface area contributed by atoms with Gasteiger partial charge in [0, 0.05) is 31.7 Å². The fourth-order valence-corrected chi connectivity index (χ4v) is 5.25. The molecule has 3 heterocycles. The third-order valence-corrected chi connectivity index (χ3v) is 7.26. The first-order chi connectivity index (χ1) is 16.1. The first-order valence-corrected chi connectivity index (χ1v) is 12.0. The number of carbonyl (C=O) groups is 1. The van der Waals surface area contributed by atoms with Crippen molar-refractivity contribution >= 4 is 56.6 Å². The molecule has 0 radical (unpaired) electrons. The summed E-state index contributed by atoms with van der Waals surface area (Å²) in [5, 5.41) is 1.17. The standard InChI is InChI=1S/C23H24ClN3O5S.ClH/c1-29-18-6-4-16(24)21-20(18)25-23(33-21)27(8-2-7-26-9-11-30-12-10-26)22(28)15-3-5-17-19(13-15)32-14-31-17;/h3-6,13H,2,7-12,14H2,1H3;1H. The molecule has 0 atom stereocenters. The Morgan fingerprint density at radius 1 is 1.21 bits per heavy atom. The van der Waals surface area contributed by atoms with E-state index in [0.29, 0.717) is 45.0 Å². The number of amides is 1. The third-order valence-electron chi connectivity index (χ3n) is 5.72. The molecule has 34 heavy (non-hydrogen) atoms. The fourth-order valence-electron chi connectivity index (χ4n) is 3.97. The zero-order chi connectivity index (χ0) is 22.8. The number of morpholine rings is 1. The van der Waals surface area contributed by atoms with E-state index < -0.39 is 0 Å². The highest BCUT2D eigenvalue weighted by atomic mass is 35.5. The van der Waals surface area contributed by atoms with E-state index >= 15 is 0 Å². The van der Waals surface area contributed by atoms with Crippen molar-refractivity contribution < 1.29 is 23.7 Å². The molecule has 5 rings (SSSR count). The summed E-state index contributed by atoms with van der Waals surface area (Å²) in [6.45, 7) is 4.86. The van der Waals surface area contributed by atoms with Crippen LogP contribution in [0.4, 0.5) is 5.13 Å². The molecule has 2 aliphatic heterocycles. The molecule has 0 unspecified atom stereocenters. The number of nitrogens with zero attached hydrogens (tertiary/aromatic N) is 3. The zero-order valence-electron chi connectivity index (χ0n) is 18.6. The Morgan fingerprint density at radius 2 is 2.00 bits per heavy atom. The van der Waals surface area contributed by atoms with Crippen LogP contribution in [0.25, 0.3) is 10.2 Å². The number of ether oxygens (including phenoxy) is 4. The molecule has 0 aliphatic carbocycles. The predicted molar refractivity (Wildman–Crippen MR) is 135 cm³/mol. The highest BCUT2D eigenvalue weighted by molar-refractivity contribution is 7.23. The Bertz CT molecular complexity index is 1170. The maximum atomic E-state index is 13.6. The second-order valence-corrected chi connectivity index (χ2v) is 9.14. The molecule has 0 spiro atoms. The van der Waals surface area contributed by atoms with Gasteiger partial charge in [-0.1, -0.05) is 22.9 Å². The SMILES string of the molecule is COc1ccc(Cl)c2sc(N(CCCN3CCOCC3)C(=O)c3ccc4c(c3)OCO4)nc12.Cl. The lowest BCUT2D eigenvalue weighted by atomic mass is 10.1. The zero-order valence-corrected chi connectivity index (χ0v) is 21.0. The fraction of sp³-hybridized carbons (Fsp3) is 0.391. The van der Waals surface area contributed by atoms with Crippen molar-refractivity contribution in [2.45, 2.75) is 6.42 Å². The molecule has 182 valence electrons. The molecule has 0 N–H and O–H groups in total. The van der Waals surface area contributed by atoms with Gasteiger partial charge in [0.2, 0.25) is 6.79 Å². The largest absolute Gasteiger partial charge is 0.494 e. The van der Waals surface area contributed by atoms with Gasteiger partial charge in [0.05, 0.1) is 30.0 Å². The minimum absolute atomic E-state index is 0. The second-order valence-electron chi connectivity index (χ2n) is 7.76. The highest BCUT2D eigenvalue weighted by Crippen LogP contribution is 2.39. The molecule has 1 aromatic heterocycles. The minimum Gasteiger partial charge on any atom is -0.494 e. The van der Waals surface area contributed by atoms with E-state index in [4.69, 9.17) is 35.5 Å². The predicted octanol–water partition coefficient (Wildman–Crippen LogP) is 4.48. The lowest BCUT2D eigenvalue weighted by molar-refractivity contribution is 0.0376. The van der Waals surface area contributed by atoms with Crippen LogP contribution in [0, 0.1) is 0 Å². The molecular weight excluding hydrogens is 501 g/mol. The van der Waals surface area contributed by atoms with Crippen molar-refractivity contribution in [1.82, 2.24) is 9.88 Å². The number of benzene rings is 2. The van der Waals surface area contributed by atoms with Gasteiger partial charge in [-0.2, -0.15) is 0 Å². The molecule has 2 aliphatic rings. The lowest BCUT2D eigenvalue weighted by Gasteiger charge is -2.27. The van der Waals surface area contributed by atoms with E-state index in [2.05, 4.69) is 4.90 Å². The average Bonchev–Trinajstić information content (AvgIpc) is 3.50. The molecule has 3 aromatic rings. The van der Waals surface area contributed by atoms with Crippen molar-refractivity contribution in [1.29, 1.82) is 0 Å². The number of carbonyl (C=O) groups excluding carboxylic acids is 1. The van der Waals surface area contributed by atoms with E-state index in [0.717, 1.165) is 44.0 Å². The molecular formula is C23H25Cl2N3O5S. The third kappa shape index (κ3) is 5.04. The summed E-state index contributed by atoms with van der Waals surface area (Å²) in [6.07, 6.45) is 0.803. The number of fused-ring (bicyclic) bond motifs is 2. The number of rotatable bonds is 7. The summed E-state index contributed by atoms with van der Waals surface area (Å²) in [5.41, 5.74) is 1.17. The number of thiazole rings is 1. The summed E-state index contributed by atoms with van der Waals surface area (Å²) >= 11 is 7.82. The quantitative estimate of drug-likeness (QED) is 0.450. The van der Waals surface area contributed by atoms with Gasteiger partial charge in [0.15, 0.2) is 16.6 Å². The van der Waals surface area contributed by atoms with Crippen molar-refractivity contribution in [3.63, 3.8) is 0 Å². The first kappa shape index (κ1) is 24.8. The number of halogens is 2. The van der Waals surface area contributed by atoms with Crippen molar-refractivity contribution in [3.8, 4) is 17.2 Å². The van der Waals surface area contributed by atoms with Crippen molar-refractivity contribution in [2.75, 3.05) is 58.2 Å². The molecule has 8 nitrogen and oxygen atoms in total. The van der Waals surface area contributed by atoms with Crippen LogP contribution in [0.3, 0.4) is 0 Å². The van der Waals surface area contributed by atoms with E-state index in [9.17, 15) is 4.79 Å². The lowest BCUT2D eigenvalue weighted by Crippen LogP contribution is -2.39. The highest BCUT2D eigenvalue weighted by Gasteiger charge is 2.25. The van der Waals surface area contributed by atoms with Gasteiger partial charge in [-0.05, 0) is 36.8 Å². The molecule has 1 amide bonds. The van der Waals surface area contributed by atoms with E-state index in [1.54, 1.807) is 42.3 Å². The molecule has 11 heteroatoms. The van der Waals surface area contributed by atoms with E-state index in [-0.39, 0.29) is 25.1 Å². The Hall–Kier alpha value is -2.30. The number of methoxy groups -OCH3 is 1. The molecule has 1 saturated heterocycles. The summed E-state index contributed by atoms with van der Waals surface area (Å²) in [6, 6.07) is 8.82. The topological polar surface area (TPSA) is 73.4 Å². The molecule has 0 saturated carbocycles. The van der Waals surface area contributed by atoms with Gasteiger partial charge in [0.1, 0.15) is 11.3 Å². The Kier molecular flexibility index (Phi) is 8.00. The van der Waals surface area contributed by atoms with Crippen molar-refractivity contribution in [2.24, 2.45) is 0 Å². The van der Waals surface area contributed by atoms with E-state index in [1.807, 2.05) is 0 Å². The van der Waals surface area contributed by atoms with Crippen LogP contribution in [-0.4, -0.2) is 69.1 Å². The maximum Gasteiger partial charge on any atom is 0.260 e. The monoisotopic (exact) mass is 525 g/mol. The van der Waals surface area contributed by atoms with Gasteiger partial charge in [0.25, 0.3) is 5.91 Å².